The molecule has 0 saturated heterocycles. The predicted octanol–water partition coefficient (Wildman–Crippen LogP) is 4.12. The zero-order valence-corrected chi connectivity index (χ0v) is 13.0. The topological polar surface area (TPSA) is 32.3 Å². The van der Waals surface area contributed by atoms with Crippen LogP contribution in [0, 0.1) is 5.92 Å². The number of nitrogens with one attached hydrogen (secondary N) is 1. The molecule has 2 atom stereocenters. The van der Waals surface area contributed by atoms with E-state index >= 15 is 0 Å². The Kier molecular flexibility index (Phi) is 4.47. The van der Waals surface area contributed by atoms with Gasteiger partial charge in [0.1, 0.15) is 0 Å². The highest BCUT2D eigenvalue weighted by molar-refractivity contribution is 5.93. The SMILES string of the molecule is CC1CCCCC1NC(=O)N1CCCCc2ccccc21. The van der Waals surface area contributed by atoms with Gasteiger partial charge in [-0.05, 0) is 49.7 Å². The number of urea groups is 1. The monoisotopic (exact) mass is 286 g/mol. The highest BCUT2D eigenvalue weighted by Gasteiger charge is 2.27. The van der Waals surface area contributed by atoms with Crippen LogP contribution in [0.2, 0.25) is 0 Å². The van der Waals surface area contributed by atoms with Crippen LogP contribution in [0.15, 0.2) is 24.3 Å². The maximum atomic E-state index is 12.7. The van der Waals surface area contributed by atoms with Gasteiger partial charge in [-0.1, -0.05) is 38.0 Å². The molecule has 3 rings (SSSR count). The first-order valence-electron chi connectivity index (χ1n) is 8.41. The smallest absolute Gasteiger partial charge is 0.322 e. The van der Waals surface area contributed by atoms with Crippen molar-refractivity contribution in [2.45, 2.75) is 57.9 Å². The molecule has 1 heterocycles. The third kappa shape index (κ3) is 3.22. The van der Waals surface area contributed by atoms with Gasteiger partial charge in [-0.25, -0.2) is 4.79 Å². The number of hydrogen-bond donors (Lipinski definition) is 1. The largest absolute Gasteiger partial charge is 0.335 e. The van der Waals surface area contributed by atoms with Gasteiger partial charge in [-0.15, -0.1) is 0 Å². The molecule has 0 spiro atoms. The van der Waals surface area contributed by atoms with Crippen LogP contribution in [0.4, 0.5) is 10.5 Å². The molecular weight excluding hydrogens is 260 g/mol. The van der Waals surface area contributed by atoms with Crippen LogP contribution < -0.4 is 10.2 Å². The summed E-state index contributed by atoms with van der Waals surface area (Å²) in [5, 5.41) is 3.29. The zero-order valence-electron chi connectivity index (χ0n) is 13.0. The van der Waals surface area contributed by atoms with Crippen LogP contribution in [0.25, 0.3) is 0 Å². The summed E-state index contributed by atoms with van der Waals surface area (Å²) < 4.78 is 0. The van der Waals surface area contributed by atoms with E-state index in [1.807, 2.05) is 11.0 Å². The molecule has 1 aromatic carbocycles. The Morgan fingerprint density at radius 3 is 2.81 bits per heavy atom. The van der Waals surface area contributed by atoms with E-state index in [4.69, 9.17) is 0 Å². The van der Waals surface area contributed by atoms with Gasteiger partial charge in [0.15, 0.2) is 0 Å². The Morgan fingerprint density at radius 2 is 1.95 bits per heavy atom. The fourth-order valence-electron chi connectivity index (χ4n) is 3.67. The molecule has 21 heavy (non-hydrogen) atoms. The summed E-state index contributed by atoms with van der Waals surface area (Å²) in [6.07, 6.45) is 8.25. The number of carbonyl (C=O) groups excluding carboxylic acids is 1. The fourth-order valence-corrected chi connectivity index (χ4v) is 3.67. The number of nitrogens with zero attached hydrogens (tertiary/aromatic N) is 1. The molecule has 2 amide bonds. The van der Waals surface area contributed by atoms with Crippen LogP contribution in [0.3, 0.4) is 0 Å². The van der Waals surface area contributed by atoms with E-state index in [0.29, 0.717) is 12.0 Å². The van der Waals surface area contributed by atoms with Crippen LogP contribution in [-0.4, -0.2) is 18.6 Å². The molecule has 1 N–H and O–H groups in total. The summed E-state index contributed by atoms with van der Waals surface area (Å²) >= 11 is 0. The number of benzene rings is 1. The minimum Gasteiger partial charge on any atom is -0.335 e. The molecule has 3 nitrogen and oxygen atoms in total. The van der Waals surface area contributed by atoms with Gasteiger partial charge in [0, 0.05) is 18.3 Å². The van der Waals surface area contributed by atoms with Gasteiger partial charge < -0.3 is 5.32 Å². The van der Waals surface area contributed by atoms with Crippen LogP contribution >= 0.6 is 0 Å². The van der Waals surface area contributed by atoms with Crippen molar-refractivity contribution in [3.63, 3.8) is 0 Å². The number of rotatable bonds is 1. The second kappa shape index (κ2) is 6.50. The van der Waals surface area contributed by atoms with Gasteiger partial charge in [0.25, 0.3) is 0 Å². The van der Waals surface area contributed by atoms with E-state index in [9.17, 15) is 4.79 Å². The second-order valence-corrected chi connectivity index (χ2v) is 6.56. The van der Waals surface area contributed by atoms with Gasteiger partial charge in [-0.3, -0.25) is 4.90 Å². The van der Waals surface area contributed by atoms with Crippen molar-refractivity contribution >= 4 is 11.7 Å². The van der Waals surface area contributed by atoms with E-state index in [-0.39, 0.29) is 6.03 Å². The maximum Gasteiger partial charge on any atom is 0.322 e. The molecular formula is C18H26N2O. The lowest BCUT2D eigenvalue weighted by atomic mass is 9.86. The molecule has 2 aliphatic rings. The number of carbonyl (C=O) groups is 1. The second-order valence-electron chi connectivity index (χ2n) is 6.56. The first-order valence-corrected chi connectivity index (χ1v) is 8.41. The summed E-state index contributed by atoms with van der Waals surface area (Å²) in [6, 6.07) is 8.80. The molecule has 1 saturated carbocycles. The van der Waals surface area contributed by atoms with Crippen molar-refractivity contribution in [2.75, 3.05) is 11.4 Å². The lowest BCUT2D eigenvalue weighted by Gasteiger charge is -2.32. The number of aryl methyl sites for hydroxylation is 1. The molecule has 1 aliphatic heterocycles. The van der Waals surface area contributed by atoms with Gasteiger partial charge in [0.2, 0.25) is 0 Å². The van der Waals surface area contributed by atoms with Crippen molar-refractivity contribution in [1.82, 2.24) is 5.32 Å². The summed E-state index contributed by atoms with van der Waals surface area (Å²) in [7, 11) is 0. The summed E-state index contributed by atoms with van der Waals surface area (Å²) in [5.41, 5.74) is 2.41. The summed E-state index contributed by atoms with van der Waals surface area (Å²) in [5.74, 6) is 0.602. The van der Waals surface area contributed by atoms with Crippen LogP contribution in [0.1, 0.15) is 51.0 Å². The van der Waals surface area contributed by atoms with Crippen molar-refractivity contribution < 1.29 is 4.79 Å². The normalized spacial score (nSPS) is 25.9. The van der Waals surface area contributed by atoms with Gasteiger partial charge in [0.05, 0.1) is 0 Å². The Morgan fingerprint density at radius 1 is 1.14 bits per heavy atom. The third-order valence-corrected chi connectivity index (χ3v) is 5.03. The van der Waals surface area contributed by atoms with Gasteiger partial charge >= 0.3 is 6.03 Å². The molecule has 2 unspecified atom stereocenters. The van der Waals surface area contributed by atoms with Crippen LogP contribution in [-0.2, 0) is 6.42 Å². The lowest BCUT2D eigenvalue weighted by Crippen LogP contribution is -2.48. The molecule has 0 radical (unpaired) electrons. The molecule has 0 aromatic heterocycles. The minimum absolute atomic E-state index is 0.100. The summed E-state index contributed by atoms with van der Waals surface area (Å²) in [6.45, 7) is 3.10. The molecule has 0 bridgehead atoms. The van der Waals surface area contributed by atoms with E-state index in [1.165, 1.54) is 31.2 Å². The highest BCUT2D eigenvalue weighted by Crippen LogP contribution is 2.28. The highest BCUT2D eigenvalue weighted by atomic mass is 16.2. The van der Waals surface area contributed by atoms with E-state index in [1.54, 1.807) is 0 Å². The molecule has 1 fully saturated rings. The molecule has 1 aliphatic carbocycles. The number of anilines is 1. The number of amides is 2. The quantitative estimate of drug-likeness (QED) is 0.827. The lowest BCUT2D eigenvalue weighted by molar-refractivity contribution is 0.227. The Balaban J connectivity index is 1.74. The standard InChI is InChI=1S/C18H26N2O/c1-14-8-2-4-11-16(14)19-18(21)20-13-7-6-10-15-9-3-5-12-17(15)20/h3,5,9,12,14,16H,2,4,6-8,10-11,13H2,1H3,(H,19,21). The van der Waals surface area contributed by atoms with Crippen molar-refractivity contribution in [1.29, 1.82) is 0 Å². The van der Waals surface area contributed by atoms with Crippen LogP contribution in [0.5, 0.6) is 0 Å². The zero-order chi connectivity index (χ0) is 14.7. The average Bonchev–Trinajstić information content (AvgIpc) is 2.72. The molecule has 3 heteroatoms. The predicted molar refractivity (Wildman–Crippen MR) is 86.7 cm³/mol. The Hall–Kier alpha value is -1.51. The number of para-hydroxylation sites is 1. The average molecular weight is 286 g/mol. The van der Waals surface area contributed by atoms with E-state index in [0.717, 1.165) is 31.5 Å². The maximum absolute atomic E-state index is 12.7. The first-order chi connectivity index (χ1) is 10.3. The Bertz CT molecular complexity index is 500. The molecule has 114 valence electrons. The van der Waals surface area contributed by atoms with Crippen molar-refractivity contribution in [2.24, 2.45) is 5.92 Å². The van der Waals surface area contributed by atoms with Crippen molar-refractivity contribution in [3.8, 4) is 0 Å². The third-order valence-electron chi connectivity index (χ3n) is 5.03. The number of hydrogen-bond acceptors (Lipinski definition) is 1. The number of fused-ring (bicyclic) bond motifs is 1. The van der Waals surface area contributed by atoms with E-state index in [2.05, 4.69) is 30.4 Å². The first kappa shape index (κ1) is 14.4. The van der Waals surface area contributed by atoms with E-state index < -0.39 is 0 Å². The fraction of sp³-hybridized carbons (Fsp3) is 0.611. The summed E-state index contributed by atoms with van der Waals surface area (Å²) in [4.78, 5) is 14.7. The van der Waals surface area contributed by atoms with Crippen molar-refractivity contribution in [3.05, 3.63) is 29.8 Å². The van der Waals surface area contributed by atoms with Gasteiger partial charge in [-0.2, -0.15) is 0 Å². The molecule has 1 aromatic rings. The Labute approximate surface area is 127 Å². The minimum atomic E-state index is 0.100.